The highest BCUT2D eigenvalue weighted by Crippen LogP contribution is 2.31. The summed E-state index contributed by atoms with van der Waals surface area (Å²) in [6, 6.07) is 0. The number of esters is 1. The second-order valence-electron chi connectivity index (χ2n) is 4.13. The maximum Gasteiger partial charge on any atom is 0.331 e. The highest BCUT2D eigenvalue weighted by molar-refractivity contribution is 5.70. The van der Waals surface area contributed by atoms with Gasteiger partial charge in [0.15, 0.2) is 5.79 Å². The minimum atomic E-state index is -0.683. The second kappa shape index (κ2) is 4.95. The first-order valence-electron chi connectivity index (χ1n) is 5.05. The molecular formula is C11H18O5. The maximum atomic E-state index is 10.9. The summed E-state index contributed by atoms with van der Waals surface area (Å²) in [5, 5.41) is 0. The molecule has 0 bridgehead atoms. The zero-order valence-electron chi connectivity index (χ0n) is 9.95. The molecule has 0 saturated carbocycles. The zero-order valence-corrected chi connectivity index (χ0v) is 9.95. The van der Waals surface area contributed by atoms with E-state index in [4.69, 9.17) is 14.2 Å². The van der Waals surface area contributed by atoms with Crippen molar-refractivity contribution in [1.82, 2.24) is 0 Å². The molecule has 1 heterocycles. The van der Waals surface area contributed by atoms with Crippen LogP contribution in [-0.2, 0) is 23.7 Å². The highest BCUT2D eigenvalue weighted by Gasteiger charge is 2.43. The second-order valence-corrected chi connectivity index (χ2v) is 4.13. The van der Waals surface area contributed by atoms with Gasteiger partial charge in [-0.05, 0) is 13.8 Å². The number of methoxy groups -OCH3 is 1. The van der Waals surface area contributed by atoms with Crippen LogP contribution in [0.4, 0.5) is 0 Å². The smallest absolute Gasteiger partial charge is 0.331 e. The van der Waals surface area contributed by atoms with E-state index in [0.717, 1.165) is 0 Å². The lowest BCUT2D eigenvalue weighted by Gasteiger charge is -2.25. The van der Waals surface area contributed by atoms with E-state index in [2.05, 4.69) is 11.3 Å². The molecule has 0 spiro atoms. The largest absolute Gasteiger partial charge is 0.467 e. The van der Waals surface area contributed by atoms with Crippen LogP contribution in [0.3, 0.4) is 0 Å². The molecule has 1 unspecified atom stereocenters. The average molecular weight is 230 g/mol. The van der Waals surface area contributed by atoms with Crippen molar-refractivity contribution in [1.29, 1.82) is 0 Å². The first-order chi connectivity index (χ1) is 7.43. The van der Waals surface area contributed by atoms with Crippen molar-refractivity contribution in [3.05, 3.63) is 12.7 Å². The van der Waals surface area contributed by atoms with Crippen LogP contribution >= 0.6 is 0 Å². The van der Waals surface area contributed by atoms with Gasteiger partial charge in [0.1, 0.15) is 12.2 Å². The predicted molar refractivity (Wildman–Crippen MR) is 56.9 cm³/mol. The van der Waals surface area contributed by atoms with Crippen molar-refractivity contribution in [2.45, 2.75) is 25.2 Å². The van der Waals surface area contributed by atoms with E-state index < -0.39 is 17.4 Å². The SMILES string of the molecule is C=CC1(COCC(=O)OC)COC(C)(C)O1. The molecule has 0 aromatic heterocycles. The van der Waals surface area contributed by atoms with E-state index in [1.54, 1.807) is 6.08 Å². The number of ether oxygens (including phenoxy) is 4. The van der Waals surface area contributed by atoms with Crippen LogP contribution in [-0.4, -0.2) is 44.3 Å². The molecule has 0 radical (unpaired) electrons. The molecule has 92 valence electrons. The van der Waals surface area contributed by atoms with Gasteiger partial charge in [0.25, 0.3) is 0 Å². The summed E-state index contributed by atoms with van der Waals surface area (Å²) in [6.07, 6.45) is 1.64. The fraction of sp³-hybridized carbons (Fsp3) is 0.727. The average Bonchev–Trinajstić information content (AvgIpc) is 2.55. The molecule has 0 aromatic carbocycles. The topological polar surface area (TPSA) is 54.0 Å². The van der Waals surface area contributed by atoms with Crippen molar-refractivity contribution < 1.29 is 23.7 Å². The lowest BCUT2D eigenvalue weighted by molar-refractivity contribution is -0.165. The minimum absolute atomic E-state index is 0.101. The molecule has 0 amide bonds. The quantitative estimate of drug-likeness (QED) is 0.518. The first kappa shape index (κ1) is 13.2. The monoisotopic (exact) mass is 230 g/mol. The summed E-state index contributed by atoms with van der Waals surface area (Å²) in [7, 11) is 1.31. The van der Waals surface area contributed by atoms with Crippen molar-refractivity contribution in [2.75, 3.05) is 26.9 Å². The Morgan fingerprint density at radius 3 is 2.69 bits per heavy atom. The lowest BCUT2D eigenvalue weighted by atomic mass is 10.1. The van der Waals surface area contributed by atoms with Crippen LogP contribution in [0, 0.1) is 0 Å². The third-order valence-electron chi connectivity index (χ3n) is 2.28. The number of carbonyl (C=O) groups excluding carboxylic acids is 1. The molecule has 1 aliphatic heterocycles. The van der Waals surface area contributed by atoms with Crippen molar-refractivity contribution in [3.63, 3.8) is 0 Å². The van der Waals surface area contributed by atoms with Gasteiger partial charge in [0.2, 0.25) is 0 Å². The number of rotatable bonds is 5. The van der Waals surface area contributed by atoms with Gasteiger partial charge < -0.3 is 18.9 Å². The third-order valence-corrected chi connectivity index (χ3v) is 2.28. The molecule has 1 saturated heterocycles. The first-order valence-corrected chi connectivity index (χ1v) is 5.05. The van der Waals surface area contributed by atoms with Gasteiger partial charge in [-0.2, -0.15) is 0 Å². The third kappa shape index (κ3) is 3.30. The van der Waals surface area contributed by atoms with Gasteiger partial charge in [-0.1, -0.05) is 6.08 Å². The molecule has 16 heavy (non-hydrogen) atoms. The molecular weight excluding hydrogens is 212 g/mol. The van der Waals surface area contributed by atoms with Crippen molar-refractivity contribution >= 4 is 5.97 Å². The van der Waals surface area contributed by atoms with Gasteiger partial charge in [-0.25, -0.2) is 4.79 Å². The van der Waals surface area contributed by atoms with Gasteiger partial charge >= 0.3 is 5.97 Å². The summed E-state index contributed by atoms with van der Waals surface area (Å²) in [4.78, 5) is 10.9. The molecule has 1 atom stereocenters. The van der Waals surface area contributed by atoms with E-state index in [0.29, 0.717) is 6.61 Å². The summed E-state index contributed by atoms with van der Waals surface area (Å²) >= 11 is 0. The van der Waals surface area contributed by atoms with Crippen LogP contribution in [0.25, 0.3) is 0 Å². The molecule has 0 aliphatic carbocycles. The molecule has 0 N–H and O–H groups in total. The standard InChI is InChI=1S/C11H18O5/c1-5-11(7-14-6-9(12)13-4)8-15-10(2,3)16-11/h5H,1,6-8H2,2-4H3. The van der Waals surface area contributed by atoms with Gasteiger partial charge in [0, 0.05) is 0 Å². The minimum Gasteiger partial charge on any atom is -0.467 e. The Bertz CT molecular complexity index is 274. The normalized spacial score (nSPS) is 27.7. The fourth-order valence-corrected chi connectivity index (χ4v) is 1.44. The van der Waals surface area contributed by atoms with Crippen molar-refractivity contribution in [2.24, 2.45) is 0 Å². The Labute approximate surface area is 95.3 Å². The zero-order chi connectivity index (χ0) is 12.2. The summed E-state index contributed by atoms with van der Waals surface area (Å²) < 4.78 is 20.8. The Morgan fingerprint density at radius 1 is 1.56 bits per heavy atom. The Hall–Kier alpha value is -0.910. The number of hydrogen-bond acceptors (Lipinski definition) is 5. The Kier molecular flexibility index (Phi) is 4.07. The summed E-state index contributed by atoms with van der Waals surface area (Å²) in [5.41, 5.74) is -0.683. The molecule has 1 rings (SSSR count). The van der Waals surface area contributed by atoms with E-state index >= 15 is 0 Å². The summed E-state index contributed by atoms with van der Waals surface area (Å²) in [5.74, 6) is -1.07. The fourth-order valence-electron chi connectivity index (χ4n) is 1.44. The maximum absolute atomic E-state index is 10.9. The van der Waals surface area contributed by atoms with Gasteiger partial charge in [-0.15, -0.1) is 6.58 Å². The Balaban J connectivity index is 2.44. The van der Waals surface area contributed by atoms with E-state index in [1.165, 1.54) is 7.11 Å². The molecule has 5 nitrogen and oxygen atoms in total. The van der Waals surface area contributed by atoms with E-state index in [1.807, 2.05) is 13.8 Å². The molecule has 5 heteroatoms. The lowest BCUT2D eigenvalue weighted by Crippen LogP contribution is -2.37. The number of hydrogen-bond donors (Lipinski definition) is 0. The van der Waals surface area contributed by atoms with Gasteiger partial charge in [-0.3, -0.25) is 0 Å². The number of carbonyl (C=O) groups is 1. The Morgan fingerprint density at radius 2 is 2.25 bits per heavy atom. The van der Waals surface area contributed by atoms with Gasteiger partial charge in [0.05, 0.1) is 20.3 Å². The van der Waals surface area contributed by atoms with Crippen LogP contribution in [0.5, 0.6) is 0 Å². The highest BCUT2D eigenvalue weighted by atomic mass is 16.8. The van der Waals surface area contributed by atoms with Crippen LogP contribution < -0.4 is 0 Å². The van der Waals surface area contributed by atoms with Crippen LogP contribution in [0.1, 0.15) is 13.8 Å². The predicted octanol–water partition coefficient (Wildman–Crippen LogP) is 0.884. The molecule has 1 aliphatic rings. The van der Waals surface area contributed by atoms with Crippen molar-refractivity contribution in [3.8, 4) is 0 Å². The van der Waals surface area contributed by atoms with E-state index in [9.17, 15) is 4.79 Å². The van der Waals surface area contributed by atoms with E-state index in [-0.39, 0.29) is 13.2 Å². The van der Waals surface area contributed by atoms with Crippen LogP contribution in [0.15, 0.2) is 12.7 Å². The van der Waals surface area contributed by atoms with Crippen LogP contribution in [0.2, 0.25) is 0 Å². The summed E-state index contributed by atoms with van der Waals surface area (Å²) in [6.45, 7) is 7.81. The molecule has 0 aromatic rings. The molecule has 1 fully saturated rings.